The van der Waals surface area contributed by atoms with Crippen LogP contribution in [0.3, 0.4) is 0 Å². The van der Waals surface area contributed by atoms with Gasteiger partial charge in [-0.1, -0.05) is 44.2 Å². The average molecular weight is 278 g/mol. The van der Waals surface area contributed by atoms with Gasteiger partial charge < -0.3 is 9.84 Å². The van der Waals surface area contributed by atoms with Crippen molar-refractivity contribution in [3.8, 4) is 0 Å². The number of hydrogen-bond acceptors (Lipinski definition) is 3. The van der Waals surface area contributed by atoms with E-state index in [-0.39, 0.29) is 18.4 Å². The predicted octanol–water partition coefficient (Wildman–Crippen LogP) is 3.43. The van der Waals surface area contributed by atoms with Gasteiger partial charge in [-0.05, 0) is 24.8 Å². The number of benzene rings is 1. The molecule has 4 nitrogen and oxygen atoms in total. The Hall–Kier alpha value is -1.84. The van der Waals surface area contributed by atoms with Crippen molar-refractivity contribution in [2.75, 3.05) is 0 Å². The molecule has 1 aromatic carbocycles. The molecule has 0 aromatic heterocycles. The molecule has 0 spiro atoms. The SMILES string of the molecule is CC(C)CC(CC(=O)O)C(=O)OC(C)c1ccccc1. The first-order valence-corrected chi connectivity index (χ1v) is 6.87. The molecule has 1 rings (SSSR count). The molecule has 0 aliphatic carbocycles. The third kappa shape index (κ3) is 5.43. The van der Waals surface area contributed by atoms with Gasteiger partial charge in [0.1, 0.15) is 6.10 Å². The van der Waals surface area contributed by atoms with Crippen molar-refractivity contribution in [3.05, 3.63) is 35.9 Å². The van der Waals surface area contributed by atoms with E-state index >= 15 is 0 Å². The quantitative estimate of drug-likeness (QED) is 0.776. The molecule has 0 saturated carbocycles. The minimum absolute atomic E-state index is 0.182. The molecule has 2 unspecified atom stereocenters. The third-order valence-corrected chi connectivity index (χ3v) is 3.07. The highest BCUT2D eigenvalue weighted by Gasteiger charge is 2.26. The van der Waals surface area contributed by atoms with Gasteiger partial charge in [-0.3, -0.25) is 9.59 Å². The molecule has 1 N–H and O–H groups in total. The van der Waals surface area contributed by atoms with Crippen molar-refractivity contribution in [1.29, 1.82) is 0 Å². The first-order valence-electron chi connectivity index (χ1n) is 6.87. The van der Waals surface area contributed by atoms with Gasteiger partial charge >= 0.3 is 11.9 Å². The number of hydrogen-bond donors (Lipinski definition) is 1. The summed E-state index contributed by atoms with van der Waals surface area (Å²) in [6.07, 6.45) is -0.0299. The van der Waals surface area contributed by atoms with E-state index in [2.05, 4.69) is 0 Å². The van der Waals surface area contributed by atoms with E-state index in [1.165, 1.54) is 0 Å². The summed E-state index contributed by atoms with van der Waals surface area (Å²) in [5.41, 5.74) is 0.902. The van der Waals surface area contributed by atoms with Crippen molar-refractivity contribution in [3.63, 3.8) is 0 Å². The number of ether oxygens (including phenoxy) is 1. The smallest absolute Gasteiger partial charge is 0.310 e. The molecular weight excluding hydrogens is 256 g/mol. The first-order chi connectivity index (χ1) is 9.40. The summed E-state index contributed by atoms with van der Waals surface area (Å²) in [5.74, 6) is -1.74. The Balaban J connectivity index is 2.67. The summed E-state index contributed by atoms with van der Waals surface area (Å²) in [4.78, 5) is 23.0. The normalized spacial score (nSPS) is 13.8. The van der Waals surface area contributed by atoms with E-state index in [4.69, 9.17) is 9.84 Å². The molecule has 4 heteroatoms. The van der Waals surface area contributed by atoms with Crippen LogP contribution in [0.4, 0.5) is 0 Å². The molecule has 0 aliphatic heterocycles. The van der Waals surface area contributed by atoms with Crippen LogP contribution < -0.4 is 0 Å². The van der Waals surface area contributed by atoms with E-state index in [0.29, 0.717) is 6.42 Å². The van der Waals surface area contributed by atoms with Crippen LogP contribution in [0.1, 0.15) is 45.3 Å². The molecule has 0 radical (unpaired) electrons. The fraction of sp³-hybridized carbons (Fsp3) is 0.500. The zero-order chi connectivity index (χ0) is 15.1. The molecule has 20 heavy (non-hydrogen) atoms. The van der Waals surface area contributed by atoms with E-state index in [1.807, 2.05) is 44.2 Å². The Labute approximate surface area is 119 Å². The van der Waals surface area contributed by atoms with Crippen molar-refractivity contribution < 1.29 is 19.4 Å². The third-order valence-electron chi connectivity index (χ3n) is 3.07. The van der Waals surface area contributed by atoms with Crippen LogP contribution in [-0.2, 0) is 14.3 Å². The maximum Gasteiger partial charge on any atom is 0.310 e. The van der Waals surface area contributed by atoms with Crippen LogP contribution in [0.5, 0.6) is 0 Å². The summed E-state index contributed by atoms with van der Waals surface area (Å²) >= 11 is 0. The van der Waals surface area contributed by atoms with E-state index in [1.54, 1.807) is 6.92 Å². The summed E-state index contributed by atoms with van der Waals surface area (Å²) in [5, 5.41) is 8.89. The van der Waals surface area contributed by atoms with Crippen molar-refractivity contribution in [2.45, 2.75) is 39.7 Å². The van der Waals surface area contributed by atoms with Gasteiger partial charge in [0.2, 0.25) is 0 Å². The molecule has 0 fully saturated rings. The largest absolute Gasteiger partial charge is 0.481 e. The fourth-order valence-corrected chi connectivity index (χ4v) is 2.11. The maximum atomic E-state index is 12.1. The van der Waals surface area contributed by atoms with Gasteiger partial charge in [0.05, 0.1) is 12.3 Å². The number of rotatable bonds is 7. The maximum absolute atomic E-state index is 12.1. The zero-order valence-corrected chi connectivity index (χ0v) is 12.2. The summed E-state index contributed by atoms with van der Waals surface area (Å²) in [7, 11) is 0. The van der Waals surface area contributed by atoms with Crippen molar-refractivity contribution in [1.82, 2.24) is 0 Å². The van der Waals surface area contributed by atoms with Crippen LogP contribution in [0.15, 0.2) is 30.3 Å². The second-order valence-electron chi connectivity index (χ2n) is 5.41. The molecule has 0 heterocycles. The van der Waals surface area contributed by atoms with Crippen molar-refractivity contribution >= 4 is 11.9 Å². The van der Waals surface area contributed by atoms with Crippen molar-refractivity contribution in [2.24, 2.45) is 11.8 Å². The fourth-order valence-electron chi connectivity index (χ4n) is 2.11. The molecular formula is C16H22O4. The molecule has 0 aliphatic rings. The van der Waals surface area contributed by atoms with Gasteiger partial charge in [0.15, 0.2) is 0 Å². The summed E-state index contributed by atoms with van der Waals surface area (Å²) < 4.78 is 5.40. The van der Waals surface area contributed by atoms with Crippen LogP contribution in [0, 0.1) is 11.8 Å². The Morgan fingerprint density at radius 3 is 2.25 bits per heavy atom. The lowest BCUT2D eigenvalue weighted by Gasteiger charge is -2.20. The van der Waals surface area contributed by atoms with Crippen LogP contribution in [0.2, 0.25) is 0 Å². The molecule has 0 amide bonds. The number of aliphatic carboxylic acids is 1. The molecule has 2 atom stereocenters. The van der Waals surface area contributed by atoms with Gasteiger partial charge in [0.25, 0.3) is 0 Å². The Bertz CT molecular complexity index is 439. The number of esters is 1. The van der Waals surface area contributed by atoms with Gasteiger partial charge in [-0.15, -0.1) is 0 Å². The minimum atomic E-state index is -0.972. The molecule has 110 valence electrons. The summed E-state index contributed by atoms with van der Waals surface area (Å²) in [6, 6.07) is 9.41. The second kappa shape index (κ2) is 7.68. The standard InChI is InChI=1S/C16H22O4/c1-11(2)9-14(10-15(17)18)16(19)20-12(3)13-7-5-4-6-8-13/h4-8,11-12,14H,9-10H2,1-3H3,(H,17,18). The lowest BCUT2D eigenvalue weighted by molar-refractivity contribution is -0.157. The number of carbonyl (C=O) groups excluding carboxylic acids is 1. The number of carboxylic acid groups (broad SMARTS) is 1. The monoisotopic (exact) mass is 278 g/mol. The lowest BCUT2D eigenvalue weighted by Crippen LogP contribution is -2.23. The van der Waals surface area contributed by atoms with E-state index in [0.717, 1.165) is 5.56 Å². The number of carboxylic acids is 1. The predicted molar refractivity (Wildman–Crippen MR) is 76.1 cm³/mol. The zero-order valence-electron chi connectivity index (χ0n) is 12.2. The van der Waals surface area contributed by atoms with Gasteiger partial charge in [-0.25, -0.2) is 0 Å². The highest BCUT2D eigenvalue weighted by Crippen LogP contribution is 2.22. The van der Waals surface area contributed by atoms with Gasteiger partial charge in [-0.2, -0.15) is 0 Å². The number of carbonyl (C=O) groups is 2. The minimum Gasteiger partial charge on any atom is -0.481 e. The second-order valence-corrected chi connectivity index (χ2v) is 5.41. The summed E-state index contributed by atoms with van der Waals surface area (Å²) in [6.45, 7) is 5.71. The molecule has 1 aromatic rings. The average Bonchev–Trinajstić information content (AvgIpc) is 2.37. The van der Waals surface area contributed by atoms with Crippen LogP contribution in [-0.4, -0.2) is 17.0 Å². The van der Waals surface area contributed by atoms with Crippen LogP contribution in [0.25, 0.3) is 0 Å². The van der Waals surface area contributed by atoms with E-state index in [9.17, 15) is 9.59 Å². The Kier molecular flexibility index (Phi) is 6.22. The lowest BCUT2D eigenvalue weighted by atomic mass is 9.94. The highest BCUT2D eigenvalue weighted by molar-refractivity contribution is 5.79. The Morgan fingerprint density at radius 2 is 1.75 bits per heavy atom. The topological polar surface area (TPSA) is 63.6 Å². The highest BCUT2D eigenvalue weighted by atomic mass is 16.5. The van der Waals surface area contributed by atoms with Gasteiger partial charge in [0, 0.05) is 0 Å². The van der Waals surface area contributed by atoms with E-state index < -0.39 is 17.9 Å². The first kappa shape index (κ1) is 16.2. The molecule has 0 saturated heterocycles. The molecule has 0 bridgehead atoms. The Morgan fingerprint density at radius 1 is 1.15 bits per heavy atom. The van der Waals surface area contributed by atoms with Crippen LogP contribution >= 0.6 is 0 Å².